The van der Waals surface area contributed by atoms with Crippen molar-refractivity contribution in [3.8, 4) is 39.1 Å². The van der Waals surface area contributed by atoms with Gasteiger partial charge in [0, 0.05) is 58.1 Å². The molecule has 0 radical (unpaired) electrons. The summed E-state index contributed by atoms with van der Waals surface area (Å²) in [5, 5.41) is 9.97. The van der Waals surface area contributed by atoms with Crippen LogP contribution in [-0.4, -0.2) is 8.97 Å². The summed E-state index contributed by atoms with van der Waals surface area (Å²) in [4.78, 5) is 14.3. The number of hydrogen-bond acceptors (Lipinski definition) is 2. The third-order valence-electron chi connectivity index (χ3n) is 15.3. The molecule has 4 heteroatoms. The van der Waals surface area contributed by atoms with Gasteiger partial charge in [0.1, 0.15) is 0 Å². The molecule has 0 bridgehead atoms. The normalized spacial score (nSPS) is 13.6. The van der Waals surface area contributed by atoms with E-state index in [0.717, 1.165) is 54.8 Å². The van der Waals surface area contributed by atoms with Crippen molar-refractivity contribution in [2.45, 2.75) is 5.41 Å². The minimum atomic E-state index is -0.434. The predicted molar refractivity (Wildman–Crippen MR) is 276 cm³/mol. The zero-order valence-electron chi connectivity index (χ0n) is 35.3. The van der Waals surface area contributed by atoms with E-state index in [1.54, 1.807) is 0 Å². The van der Waals surface area contributed by atoms with Gasteiger partial charge in [-0.05, 0) is 110 Å². The van der Waals surface area contributed by atoms with E-state index in [0.29, 0.717) is 0 Å². The molecule has 14 aromatic rings. The zero-order chi connectivity index (χ0) is 43.0. The van der Waals surface area contributed by atoms with Crippen LogP contribution in [0.15, 0.2) is 211 Å². The summed E-state index contributed by atoms with van der Waals surface area (Å²) in [6.45, 7) is 0. The lowest BCUT2D eigenvalue weighted by Gasteiger charge is -2.30. The number of hydrogen-bond donors (Lipinski definition) is 0. The second kappa shape index (κ2) is 12.3. The molecule has 0 saturated carbocycles. The fourth-order valence-corrected chi connectivity index (χ4v) is 13.8. The minimum Gasteiger partial charge on any atom is -0.309 e. The quantitative estimate of drug-likeness (QED) is 0.159. The average Bonchev–Trinajstić information content (AvgIpc) is 4.15. The van der Waals surface area contributed by atoms with Crippen LogP contribution >= 0.6 is 11.3 Å². The van der Waals surface area contributed by atoms with Crippen molar-refractivity contribution >= 4 is 91.3 Å². The topological polar surface area (TPSA) is 26.4 Å². The van der Waals surface area contributed by atoms with Crippen LogP contribution in [0.1, 0.15) is 22.3 Å². The third-order valence-corrected chi connectivity index (χ3v) is 16.4. The molecule has 4 aromatic heterocycles. The monoisotopic (exact) mass is 854 g/mol. The van der Waals surface area contributed by atoms with Gasteiger partial charge in [-0.3, -0.25) is 9.20 Å². The van der Waals surface area contributed by atoms with E-state index < -0.39 is 5.41 Å². The molecule has 4 heterocycles. The molecule has 2 aliphatic rings. The van der Waals surface area contributed by atoms with E-state index in [1.165, 1.54) is 86.5 Å². The molecular weight excluding hydrogens is 821 g/mol. The van der Waals surface area contributed by atoms with Gasteiger partial charge in [0.15, 0.2) is 0 Å². The maximum absolute atomic E-state index is 14.3. The Morgan fingerprint density at radius 3 is 1.70 bits per heavy atom. The first-order valence-electron chi connectivity index (χ1n) is 22.7. The van der Waals surface area contributed by atoms with E-state index in [4.69, 9.17) is 0 Å². The SMILES string of the molecule is O=c1c2ccccc2c2cccc3c4cc(-c5cc6c(cc5-n5c7ccccc7c7cc8c(cc75)-c5ccccc5C85c7ccccc7-c7ccccc75)sc5ccccc56)ccc4n1c23. The first-order valence-corrected chi connectivity index (χ1v) is 23.5. The van der Waals surface area contributed by atoms with Crippen molar-refractivity contribution in [2.75, 3.05) is 0 Å². The number of rotatable bonds is 2. The zero-order valence-corrected chi connectivity index (χ0v) is 36.2. The Labute approximate surface area is 381 Å². The van der Waals surface area contributed by atoms with E-state index in [9.17, 15) is 4.79 Å². The van der Waals surface area contributed by atoms with Gasteiger partial charge in [-0.25, -0.2) is 0 Å². The van der Waals surface area contributed by atoms with E-state index in [-0.39, 0.29) is 5.56 Å². The molecule has 0 amide bonds. The Hall–Kier alpha value is -8.31. The van der Waals surface area contributed by atoms with Crippen LogP contribution in [0.5, 0.6) is 0 Å². The lowest BCUT2D eigenvalue weighted by Crippen LogP contribution is -2.25. The summed E-state index contributed by atoms with van der Waals surface area (Å²) in [5.74, 6) is 0. The molecule has 304 valence electrons. The van der Waals surface area contributed by atoms with Gasteiger partial charge in [0.2, 0.25) is 0 Å². The van der Waals surface area contributed by atoms with Crippen LogP contribution in [0.2, 0.25) is 0 Å². The largest absolute Gasteiger partial charge is 0.309 e. The second-order valence-corrected chi connectivity index (χ2v) is 19.3. The predicted octanol–water partition coefficient (Wildman–Crippen LogP) is 15.7. The Balaban J connectivity index is 1.03. The average molecular weight is 855 g/mol. The van der Waals surface area contributed by atoms with Crippen molar-refractivity contribution in [2.24, 2.45) is 0 Å². The Morgan fingerprint density at radius 1 is 0.348 bits per heavy atom. The van der Waals surface area contributed by atoms with Crippen molar-refractivity contribution in [1.82, 2.24) is 8.97 Å². The van der Waals surface area contributed by atoms with Crippen LogP contribution in [0.3, 0.4) is 0 Å². The first kappa shape index (κ1) is 35.1. The smallest absolute Gasteiger partial charge is 0.263 e. The molecule has 2 aliphatic carbocycles. The molecule has 3 nitrogen and oxygen atoms in total. The summed E-state index contributed by atoms with van der Waals surface area (Å²) < 4.78 is 7.01. The van der Waals surface area contributed by atoms with Crippen LogP contribution < -0.4 is 5.56 Å². The lowest BCUT2D eigenvalue weighted by atomic mass is 9.70. The van der Waals surface area contributed by atoms with Gasteiger partial charge >= 0.3 is 0 Å². The standard InChI is InChI=1S/C62H34N2OS/c65-61-44-20-2-1-14-36(44)42-21-13-22-43-47-30-35(28-29-55(47)64(61)60(42)43)45-31-49-41-19-7-12-27-58(41)66-59(49)34-57(45)63-54-26-11-6-18-40(54)48-32-53-46(33-56(48)63)39-17-5-10-25-52(39)62(53)50-23-8-3-15-37(50)38-16-4-9-24-51(38)62/h1-34H. The van der Waals surface area contributed by atoms with E-state index >= 15 is 0 Å². The highest BCUT2D eigenvalue weighted by atomic mass is 32.1. The van der Waals surface area contributed by atoms with Crippen molar-refractivity contribution in [3.05, 3.63) is 239 Å². The molecule has 16 rings (SSSR count). The summed E-state index contributed by atoms with van der Waals surface area (Å²) in [5.41, 5.74) is 17.8. The summed E-state index contributed by atoms with van der Waals surface area (Å²) >= 11 is 1.86. The molecule has 0 aliphatic heterocycles. The molecule has 66 heavy (non-hydrogen) atoms. The summed E-state index contributed by atoms with van der Waals surface area (Å²) in [6.07, 6.45) is 0. The lowest BCUT2D eigenvalue weighted by molar-refractivity contribution is 0.795. The van der Waals surface area contributed by atoms with Gasteiger partial charge < -0.3 is 4.57 Å². The molecule has 0 N–H and O–H groups in total. The van der Waals surface area contributed by atoms with Crippen molar-refractivity contribution in [3.63, 3.8) is 0 Å². The molecule has 0 atom stereocenters. The molecule has 1 spiro atoms. The number of thiophene rings is 1. The number of fused-ring (bicyclic) bond motifs is 21. The Bertz CT molecular complexity index is 4520. The maximum Gasteiger partial charge on any atom is 0.263 e. The highest BCUT2D eigenvalue weighted by Crippen LogP contribution is 2.63. The van der Waals surface area contributed by atoms with Gasteiger partial charge in [-0.1, -0.05) is 152 Å². The Morgan fingerprint density at radius 2 is 0.939 bits per heavy atom. The molecule has 10 aromatic carbocycles. The third kappa shape index (κ3) is 4.14. The molecule has 0 saturated heterocycles. The van der Waals surface area contributed by atoms with Crippen LogP contribution in [0.4, 0.5) is 0 Å². The fourth-order valence-electron chi connectivity index (χ4n) is 12.7. The molecular formula is C62H34N2OS. The number of para-hydroxylation sites is 2. The van der Waals surface area contributed by atoms with Crippen LogP contribution in [0, 0.1) is 0 Å². The first-order chi connectivity index (χ1) is 32.7. The fraction of sp³-hybridized carbons (Fsp3) is 0.0161. The molecule has 0 fully saturated rings. The Kier molecular flexibility index (Phi) is 6.52. The number of aromatic nitrogens is 2. The van der Waals surface area contributed by atoms with Gasteiger partial charge in [-0.15, -0.1) is 11.3 Å². The second-order valence-electron chi connectivity index (χ2n) is 18.2. The van der Waals surface area contributed by atoms with Gasteiger partial charge in [0.05, 0.1) is 33.2 Å². The number of benzene rings is 10. The minimum absolute atomic E-state index is 0.0228. The van der Waals surface area contributed by atoms with Gasteiger partial charge in [0.25, 0.3) is 5.56 Å². The van der Waals surface area contributed by atoms with Crippen LogP contribution in [0.25, 0.3) is 119 Å². The van der Waals surface area contributed by atoms with Crippen molar-refractivity contribution < 1.29 is 0 Å². The van der Waals surface area contributed by atoms with Crippen molar-refractivity contribution in [1.29, 1.82) is 0 Å². The van der Waals surface area contributed by atoms with Crippen LogP contribution in [-0.2, 0) is 5.41 Å². The summed E-state index contributed by atoms with van der Waals surface area (Å²) in [6, 6.07) is 76.1. The summed E-state index contributed by atoms with van der Waals surface area (Å²) in [7, 11) is 0. The van der Waals surface area contributed by atoms with E-state index in [1.807, 2.05) is 33.9 Å². The number of pyridine rings is 1. The maximum atomic E-state index is 14.3. The highest BCUT2D eigenvalue weighted by Gasteiger charge is 2.51. The number of nitrogens with zero attached hydrogens (tertiary/aromatic N) is 2. The molecule has 0 unspecified atom stereocenters. The van der Waals surface area contributed by atoms with E-state index in [2.05, 4.69) is 193 Å². The van der Waals surface area contributed by atoms with Gasteiger partial charge in [-0.2, -0.15) is 0 Å². The highest BCUT2D eigenvalue weighted by molar-refractivity contribution is 7.25.